The van der Waals surface area contributed by atoms with E-state index in [0.717, 1.165) is 17.7 Å². The maximum Gasteiger partial charge on any atom is 0.251 e. The van der Waals surface area contributed by atoms with E-state index in [1.54, 1.807) is 11.9 Å². The van der Waals surface area contributed by atoms with Crippen molar-refractivity contribution in [1.82, 2.24) is 10.2 Å². The lowest BCUT2D eigenvalue weighted by atomic mass is 9.99. The lowest BCUT2D eigenvalue weighted by Crippen LogP contribution is -2.42. The van der Waals surface area contributed by atoms with Gasteiger partial charge in [0.05, 0.1) is 0 Å². The van der Waals surface area contributed by atoms with Crippen LogP contribution in [-0.2, 0) is 11.2 Å². The number of carbonyl (C=O) groups excluding carboxylic acids is 2. The van der Waals surface area contributed by atoms with E-state index in [4.69, 9.17) is 0 Å². The fourth-order valence-electron chi connectivity index (χ4n) is 2.37. The van der Waals surface area contributed by atoms with Crippen molar-refractivity contribution in [2.24, 2.45) is 0 Å². The molecular formula is C16H23N3O2. The molecule has 0 aliphatic carbocycles. The first-order valence-corrected chi connectivity index (χ1v) is 7.34. The predicted molar refractivity (Wildman–Crippen MR) is 83.5 cm³/mol. The Bertz CT molecular complexity index is 554. The van der Waals surface area contributed by atoms with Crippen molar-refractivity contribution >= 4 is 17.5 Å². The summed E-state index contributed by atoms with van der Waals surface area (Å²) in [5, 5.41) is 6.01. The average molecular weight is 289 g/mol. The average Bonchev–Trinajstić information content (AvgIpc) is 2.46. The zero-order chi connectivity index (χ0) is 15.6. The van der Waals surface area contributed by atoms with Gasteiger partial charge in [0.25, 0.3) is 5.91 Å². The van der Waals surface area contributed by atoms with Crippen molar-refractivity contribution in [3.63, 3.8) is 0 Å². The first kappa shape index (κ1) is 15.4. The maximum atomic E-state index is 12.2. The summed E-state index contributed by atoms with van der Waals surface area (Å²) < 4.78 is 0. The van der Waals surface area contributed by atoms with Gasteiger partial charge in [0.15, 0.2) is 0 Å². The van der Waals surface area contributed by atoms with Crippen LogP contribution < -0.4 is 10.6 Å². The molecule has 114 valence electrons. The van der Waals surface area contributed by atoms with Crippen LogP contribution in [0.4, 0.5) is 5.69 Å². The van der Waals surface area contributed by atoms with Gasteiger partial charge in [-0.1, -0.05) is 6.07 Å². The van der Waals surface area contributed by atoms with Gasteiger partial charge in [-0.15, -0.1) is 0 Å². The summed E-state index contributed by atoms with van der Waals surface area (Å²) in [6, 6.07) is 5.54. The number of nitrogens with zero attached hydrogens (tertiary/aromatic N) is 1. The quantitative estimate of drug-likeness (QED) is 0.886. The number of fused-ring (bicyclic) bond motifs is 1. The molecule has 0 fully saturated rings. The Labute approximate surface area is 125 Å². The van der Waals surface area contributed by atoms with Gasteiger partial charge < -0.3 is 15.5 Å². The topological polar surface area (TPSA) is 61.4 Å². The summed E-state index contributed by atoms with van der Waals surface area (Å²) in [7, 11) is 1.80. The molecule has 0 radical (unpaired) electrons. The first-order chi connectivity index (χ1) is 9.90. The van der Waals surface area contributed by atoms with Crippen LogP contribution in [0.25, 0.3) is 0 Å². The molecule has 1 heterocycles. The fourth-order valence-corrected chi connectivity index (χ4v) is 2.37. The van der Waals surface area contributed by atoms with E-state index in [1.165, 1.54) is 0 Å². The molecular weight excluding hydrogens is 266 g/mol. The van der Waals surface area contributed by atoms with E-state index in [2.05, 4.69) is 10.6 Å². The van der Waals surface area contributed by atoms with Gasteiger partial charge >= 0.3 is 0 Å². The summed E-state index contributed by atoms with van der Waals surface area (Å²) >= 11 is 0. The van der Waals surface area contributed by atoms with Crippen molar-refractivity contribution in [1.29, 1.82) is 0 Å². The zero-order valence-electron chi connectivity index (χ0n) is 13.1. The lowest BCUT2D eigenvalue weighted by molar-refractivity contribution is -0.131. The molecule has 0 bridgehead atoms. The van der Waals surface area contributed by atoms with Crippen molar-refractivity contribution < 1.29 is 9.59 Å². The predicted octanol–water partition coefficient (Wildman–Crippen LogP) is 1.64. The number of hydrogen-bond donors (Lipinski definition) is 2. The molecule has 1 aromatic carbocycles. The third-order valence-electron chi connectivity index (χ3n) is 3.91. The van der Waals surface area contributed by atoms with Gasteiger partial charge in [-0.05, 0) is 44.9 Å². The van der Waals surface area contributed by atoms with Crippen molar-refractivity contribution in [3.8, 4) is 0 Å². The SMILES string of the molecule is CC(C)N(C)C(=O)[C@@H](C)Nc1ccc2c(c1)C(=O)NCC2. The van der Waals surface area contributed by atoms with E-state index < -0.39 is 0 Å². The molecule has 1 aliphatic rings. The van der Waals surface area contributed by atoms with Crippen LogP contribution in [0, 0.1) is 0 Å². The Morgan fingerprint density at radius 2 is 2.05 bits per heavy atom. The van der Waals surface area contributed by atoms with Crippen molar-refractivity contribution in [2.45, 2.75) is 39.3 Å². The standard InChI is InChI=1S/C16H23N3O2/c1-10(2)19(4)16(21)11(3)18-13-6-5-12-7-8-17-15(20)14(12)9-13/h5-6,9-11,18H,7-8H2,1-4H3,(H,17,20)/t11-/m1/s1. The number of rotatable bonds is 4. The molecule has 0 saturated carbocycles. The van der Waals surface area contributed by atoms with Gasteiger partial charge in [-0.2, -0.15) is 0 Å². The van der Waals surface area contributed by atoms with Crippen LogP contribution in [-0.4, -0.2) is 42.4 Å². The molecule has 1 aliphatic heterocycles. The molecule has 1 atom stereocenters. The summed E-state index contributed by atoms with van der Waals surface area (Å²) in [6.07, 6.45) is 0.853. The van der Waals surface area contributed by atoms with Crippen LogP contribution in [0.3, 0.4) is 0 Å². The molecule has 1 aromatic rings. The highest BCUT2D eigenvalue weighted by Gasteiger charge is 2.21. The van der Waals surface area contributed by atoms with Crippen LogP contribution in [0.5, 0.6) is 0 Å². The Hall–Kier alpha value is -2.04. The molecule has 5 nitrogen and oxygen atoms in total. The van der Waals surface area contributed by atoms with Gasteiger partial charge in [-0.25, -0.2) is 0 Å². The normalized spacial score (nSPS) is 15.2. The Morgan fingerprint density at radius 3 is 2.71 bits per heavy atom. The van der Waals surface area contributed by atoms with Crippen LogP contribution in [0.15, 0.2) is 18.2 Å². The maximum absolute atomic E-state index is 12.2. The highest BCUT2D eigenvalue weighted by Crippen LogP contribution is 2.20. The lowest BCUT2D eigenvalue weighted by Gasteiger charge is -2.26. The highest BCUT2D eigenvalue weighted by atomic mass is 16.2. The van der Waals surface area contributed by atoms with Crippen LogP contribution >= 0.6 is 0 Å². The Balaban J connectivity index is 2.11. The largest absolute Gasteiger partial charge is 0.374 e. The molecule has 0 aromatic heterocycles. The molecule has 2 amide bonds. The molecule has 0 unspecified atom stereocenters. The zero-order valence-corrected chi connectivity index (χ0v) is 13.1. The monoisotopic (exact) mass is 289 g/mol. The molecule has 5 heteroatoms. The minimum atomic E-state index is -0.331. The van der Waals surface area contributed by atoms with Crippen LogP contribution in [0.2, 0.25) is 0 Å². The second-order valence-electron chi connectivity index (χ2n) is 5.79. The summed E-state index contributed by atoms with van der Waals surface area (Å²) in [5.41, 5.74) is 2.55. The number of hydrogen-bond acceptors (Lipinski definition) is 3. The fraction of sp³-hybridized carbons (Fsp3) is 0.500. The Kier molecular flexibility index (Phi) is 4.50. The van der Waals surface area contributed by atoms with Crippen LogP contribution in [0.1, 0.15) is 36.7 Å². The van der Waals surface area contributed by atoms with Gasteiger partial charge in [0, 0.05) is 30.9 Å². The van der Waals surface area contributed by atoms with E-state index in [-0.39, 0.29) is 23.9 Å². The molecule has 21 heavy (non-hydrogen) atoms. The third kappa shape index (κ3) is 3.35. The van der Waals surface area contributed by atoms with Gasteiger partial charge in [0.1, 0.15) is 6.04 Å². The summed E-state index contributed by atoms with van der Waals surface area (Å²) in [4.78, 5) is 25.8. The molecule has 0 spiro atoms. The van der Waals surface area contributed by atoms with E-state index in [9.17, 15) is 9.59 Å². The highest BCUT2D eigenvalue weighted by molar-refractivity contribution is 5.97. The Morgan fingerprint density at radius 1 is 1.33 bits per heavy atom. The van der Waals surface area contributed by atoms with Crippen molar-refractivity contribution in [3.05, 3.63) is 29.3 Å². The van der Waals surface area contributed by atoms with Gasteiger partial charge in [0.2, 0.25) is 5.91 Å². The van der Waals surface area contributed by atoms with E-state index in [1.807, 2.05) is 39.0 Å². The summed E-state index contributed by atoms with van der Waals surface area (Å²) in [5.74, 6) is -0.00893. The minimum absolute atomic E-state index is 0.0344. The second kappa shape index (κ2) is 6.16. The molecule has 0 saturated heterocycles. The van der Waals surface area contributed by atoms with E-state index in [0.29, 0.717) is 12.1 Å². The van der Waals surface area contributed by atoms with Gasteiger partial charge in [-0.3, -0.25) is 9.59 Å². The summed E-state index contributed by atoms with van der Waals surface area (Å²) in [6.45, 7) is 6.48. The number of benzene rings is 1. The number of amides is 2. The van der Waals surface area contributed by atoms with Crippen molar-refractivity contribution in [2.75, 3.05) is 18.9 Å². The number of anilines is 1. The number of likely N-dealkylation sites (N-methyl/N-ethyl adjacent to an activating group) is 1. The third-order valence-corrected chi connectivity index (χ3v) is 3.91. The minimum Gasteiger partial charge on any atom is -0.374 e. The molecule has 2 N–H and O–H groups in total. The number of carbonyl (C=O) groups is 2. The van der Waals surface area contributed by atoms with E-state index >= 15 is 0 Å². The molecule has 2 rings (SSSR count). The number of nitrogens with one attached hydrogen (secondary N) is 2. The smallest absolute Gasteiger partial charge is 0.251 e. The second-order valence-corrected chi connectivity index (χ2v) is 5.79. The first-order valence-electron chi connectivity index (χ1n) is 7.34.